The van der Waals surface area contributed by atoms with Crippen molar-refractivity contribution in [2.45, 2.75) is 148 Å². The summed E-state index contributed by atoms with van der Waals surface area (Å²) in [6, 6.07) is 0. The molecule has 0 aromatic heterocycles. The van der Waals surface area contributed by atoms with Crippen LogP contribution >= 0.6 is 0 Å². The largest absolute Gasteiger partial charge is 0.481 e. The predicted octanol–water partition coefficient (Wildman–Crippen LogP) is 7.82. The van der Waals surface area contributed by atoms with Gasteiger partial charge in [0.25, 0.3) is 0 Å². The van der Waals surface area contributed by atoms with Gasteiger partial charge in [0.1, 0.15) is 6.10 Å². The van der Waals surface area contributed by atoms with Gasteiger partial charge in [-0.1, -0.05) is 90.9 Å². The van der Waals surface area contributed by atoms with Crippen molar-refractivity contribution in [3.63, 3.8) is 0 Å². The lowest BCUT2D eigenvalue weighted by atomic mass is 10.0. The summed E-state index contributed by atoms with van der Waals surface area (Å²) in [5.41, 5.74) is 0. The summed E-state index contributed by atoms with van der Waals surface area (Å²) < 4.78 is 5.76. The van der Waals surface area contributed by atoms with Gasteiger partial charge in [0.2, 0.25) is 0 Å². The number of unbranched alkanes of at least 4 members (excludes halogenated alkanes) is 13. The Morgan fingerprint density at radius 3 is 1.48 bits per heavy atom. The number of ether oxygens (including phenoxy) is 1. The number of carbonyl (C=O) groups is 2. The minimum Gasteiger partial charge on any atom is -0.481 e. The van der Waals surface area contributed by atoms with Gasteiger partial charge in [0.15, 0.2) is 0 Å². The molecule has 0 radical (unpaired) electrons. The van der Waals surface area contributed by atoms with E-state index in [0.717, 1.165) is 25.7 Å². The van der Waals surface area contributed by atoms with E-state index in [-0.39, 0.29) is 18.5 Å². The molecule has 0 spiro atoms. The third-order valence-corrected chi connectivity index (χ3v) is 5.58. The molecule has 0 aliphatic carbocycles. The molecule has 0 bridgehead atoms. The summed E-state index contributed by atoms with van der Waals surface area (Å²) in [5.74, 6) is -0.944. The monoisotopic (exact) mass is 412 g/mol. The van der Waals surface area contributed by atoms with Gasteiger partial charge in [-0.25, -0.2) is 0 Å². The van der Waals surface area contributed by atoms with Gasteiger partial charge in [-0.3, -0.25) is 9.59 Å². The highest BCUT2D eigenvalue weighted by Crippen LogP contribution is 2.18. The lowest BCUT2D eigenvalue weighted by Crippen LogP contribution is -2.18. The summed E-state index contributed by atoms with van der Waals surface area (Å²) in [5, 5.41) is 8.68. The number of esters is 1. The van der Waals surface area contributed by atoms with Crippen molar-refractivity contribution in [2.24, 2.45) is 0 Å². The summed E-state index contributed by atoms with van der Waals surface area (Å²) >= 11 is 0. The predicted molar refractivity (Wildman–Crippen MR) is 121 cm³/mol. The first-order valence-corrected chi connectivity index (χ1v) is 12.5. The van der Waals surface area contributed by atoms with Crippen LogP contribution in [0.1, 0.15) is 142 Å². The Balaban J connectivity index is 4.04. The van der Waals surface area contributed by atoms with Gasteiger partial charge in [0.05, 0.1) is 0 Å². The maximum absolute atomic E-state index is 12.1. The molecule has 1 unspecified atom stereocenters. The van der Waals surface area contributed by atoms with E-state index in [4.69, 9.17) is 9.84 Å². The third kappa shape index (κ3) is 21.5. The molecule has 4 nitrogen and oxygen atoms in total. The van der Waals surface area contributed by atoms with Crippen LogP contribution < -0.4 is 0 Å². The SMILES string of the molecule is CCCCCCCCCCC(CCCCCCCC)OC(=O)CCCCC(=O)O. The van der Waals surface area contributed by atoms with Gasteiger partial charge in [-0.05, 0) is 38.5 Å². The lowest BCUT2D eigenvalue weighted by molar-refractivity contribution is -0.150. The van der Waals surface area contributed by atoms with Crippen LogP contribution in [0.3, 0.4) is 0 Å². The highest BCUT2D eigenvalue weighted by Gasteiger charge is 2.14. The van der Waals surface area contributed by atoms with E-state index in [9.17, 15) is 9.59 Å². The van der Waals surface area contributed by atoms with Crippen LogP contribution in [-0.2, 0) is 14.3 Å². The van der Waals surface area contributed by atoms with E-state index >= 15 is 0 Å². The third-order valence-electron chi connectivity index (χ3n) is 5.58. The van der Waals surface area contributed by atoms with E-state index in [1.165, 1.54) is 77.0 Å². The molecule has 0 saturated heterocycles. The summed E-state index contributed by atoms with van der Waals surface area (Å²) in [6.45, 7) is 4.48. The molecule has 172 valence electrons. The number of rotatable bonds is 22. The van der Waals surface area contributed by atoms with Crippen molar-refractivity contribution in [3.8, 4) is 0 Å². The van der Waals surface area contributed by atoms with E-state index < -0.39 is 5.97 Å². The molecule has 0 fully saturated rings. The average Bonchev–Trinajstić information content (AvgIpc) is 2.69. The zero-order valence-electron chi connectivity index (χ0n) is 19.4. The van der Waals surface area contributed by atoms with Crippen molar-refractivity contribution >= 4 is 11.9 Å². The summed E-state index contributed by atoms with van der Waals surface area (Å²) in [7, 11) is 0. The van der Waals surface area contributed by atoms with Crippen LogP contribution in [0.25, 0.3) is 0 Å². The topological polar surface area (TPSA) is 63.6 Å². The van der Waals surface area contributed by atoms with Crippen molar-refractivity contribution in [3.05, 3.63) is 0 Å². The molecular weight excluding hydrogens is 364 g/mol. The van der Waals surface area contributed by atoms with Crippen molar-refractivity contribution in [1.82, 2.24) is 0 Å². The summed E-state index contributed by atoms with van der Waals surface area (Å²) in [4.78, 5) is 22.7. The van der Waals surface area contributed by atoms with Gasteiger partial charge in [-0.2, -0.15) is 0 Å². The van der Waals surface area contributed by atoms with Crippen LogP contribution in [0.4, 0.5) is 0 Å². The molecule has 0 heterocycles. The van der Waals surface area contributed by atoms with E-state index in [2.05, 4.69) is 13.8 Å². The quantitative estimate of drug-likeness (QED) is 0.145. The molecule has 1 N–H and O–H groups in total. The standard InChI is InChI=1S/C25H48O4/c1-3-5-7-9-11-12-14-16-20-23(19-15-13-10-8-6-4-2)29-25(28)22-18-17-21-24(26)27/h23H,3-22H2,1-2H3,(H,26,27). The molecule has 1 atom stereocenters. The Kier molecular flexibility index (Phi) is 20.9. The average molecular weight is 413 g/mol. The fraction of sp³-hybridized carbons (Fsp3) is 0.920. The fourth-order valence-electron chi connectivity index (χ4n) is 3.71. The lowest BCUT2D eigenvalue weighted by Gasteiger charge is -2.18. The zero-order valence-corrected chi connectivity index (χ0v) is 19.4. The van der Waals surface area contributed by atoms with Crippen LogP contribution in [0, 0.1) is 0 Å². The Morgan fingerprint density at radius 2 is 1.03 bits per heavy atom. The van der Waals surface area contributed by atoms with Gasteiger partial charge in [-0.15, -0.1) is 0 Å². The summed E-state index contributed by atoms with van der Waals surface area (Å²) in [6.07, 6.45) is 21.5. The second-order valence-corrected chi connectivity index (χ2v) is 8.53. The first-order valence-electron chi connectivity index (χ1n) is 12.5. The van der Waals surface area contributed by atoms with Crippen LogP contribution in [0.2, 0.25) is 0 Å². The normalized spacial score (nSPS) is 12.1. The van der Waals surface area contributed by atoms with Crippen LogP contribution in [0.5, 0.6) is 0 Å². The minimum atomic E-state index is -0.797. The van der Waals surface area contributed by atoms with Crippen molar-refractivity contribution in [2.75, 3.05) is 0 Å². The molecule has 0 saturated carbocycles. The number of carbonyl (C=O) groups excluding carboxylic acids is 1. The smallest absolute Gasteiger partial charge is 0.306 e. The van der Waals surface area contributed by atoms with Gasteiger partial charge >= 0.3 is 11.9 Å². The first-order chi connectivity index (χ1) is 14.1. The minimum absolute atomic E-state index is 0.0493. The number of carboxylic acids is 1. The molecule has 0 aromatic carbocycles. The van der Waals surface area contributed by atoms with Crippen molar-refractivity contribution < 1.29 is 19.4 Å². The maximum atomic E-state index is 12.1. The number of hydrogen-bond acceptors (Lipinski definition) is 3. The zero-order chi connectivity index (χ0) is 21.6. The highest BCUT2D eigenvalue weighted by atomic mass is 16.5. The number of hydrogen-bond donors (Lipinski definition) is 1. The Bertz CT molecular complexity index is 381. The second-order valence-electron chi connectivity index (χ2n) is 8.53. The molecule has 29 heavy (non-hydrogen) atoms. The van der Waals surface area contributed by atoms with E-state index in [0.29, 0.717) is 19.3 Å². The molecule has 0 aliphatic rings. The molecule has 0 rings (SSSR count). The van der Waals surface area contributed by atoms with Crippen molar-refractivity contribution in [1.29, 1.82) is 0 Å². The molecule has 0 aromatic rings. The van der Waals surface area contributed by atoms with E-state index in [1.54, 1.807) is 0 Å². The Labute approximate surface area is 180 Å². The first kappa shape index (κ1) is 27.9. The molecule has 0 aliphatic heterocycles. The molecule has 4 heteroatoms. The number of carboxylic acid groups (broad SMARTS) is 1. The number of aliphatic carboxylic acids is 1. The van der Waals surface area contributed by atoms with Crippen LogP contribution in [-0.4, -0.2) is 23.1 Å². The second kappa shape index (κ2) is 21.6. The fourth-order valence-corrected chi connectivity index (χ4v) is 3.71. The van der Waals surface area contributed by atoms with Gasteiger partial charge < -0.3 is 9.84 Å². The highest BCUT2D eigenvalue weighted by molar-refractivity contribution is 5.70. The molecule has 0 amide bonds. The Morgan fingerprint density at radius 1 is 0.621 bits per heavy atom. The van der Waals surface area contributed by atoms with E-state index in [1.807, 2.05) is 0 Å². The maximum Gasteiger partial charge on any atom is 0.306 e. The Hall–Kier alpha value is -1.06. The molecular formula is C25H48O4. The van der Waals surface area contributed by atoms with Crippen LogP contribution in [0.15, 0.2) is 0 Å². The van der Waals surface area contributed by atoms with Gasteiger partial charge in [0, 0.05) is 12.8 Å².